The summed E-state index contributed by atoms with van der Waals surface area (Å²) in [6, 6.07) is 17.4. The van der Waals surface area contributed by atoms with Gasteiger partial charge in [-0.05, 0) is 55.0 Å². The minimum atomic E-state index is -0.876. The average molecular weight is 402 g/mol. The number of nitriles is 1. The maximum Gasteiger partial charge on any atom is 0.239 e. The highest BCUT2D eigenvalue weighted by molar-refractivity contribution is 6.02. The summed E-state index contributed by atoms with van der Waals surface area (Å²) < 4.78 is 5.79. The number of carbonyl (C=O) groups excluding carboxylic acids is 1. The van der Waals surface area contributed by atoms with Gasteiger partial charge in [-0.3, -0.25) is 9.69 Å². The van der Waals surface area contributed by atoms with Gasteiger partial charge in [-0.25, -0.2) is 4.99 Å². The molecule has 30 heavy (non-hydrogen) atoms. The molecule has 4 rings (SSSR count). The van der Waals surface area contributed by atoms with E-state index in [2.05, 4.69) is 18.2 Å². The van der Waals surface area contributed by atoms with Crippen LogP contribution in [-0.2, 0) is 20.7 Å². The predicted molar refractivity (Wildman–Crippen MR) is 115 cm³/mol. The molecule has 154 valence electrons. The van der Waals surface area contributed by atoms with Gasteiger partial charge < -0.3 is 10.5 Å². The van der Waals surface area contributed by atoms with Crippen molar-refractivity contribution in [3.63, 3.8) is 0 Å². The molecule has 1 amide bonds. The third kappa shape index (κ3) is 2.98. The van der Waals surface area contributed by atoms with Crippen LogP contribution in [0, 0.1) is 11.3 Å². The van der Waals surface area contributed by atoms with Crippen molar-refractivity contribution >= 4 is 11.9 Å². The average Bonchev–Trinajstić information content (AvgIpc) is 2.73. The fourth-order valence-corrected chi connectivity index (χ4v) is 4.59. The number of aliphatic imine (C=N–C) groups is 1. The van der Waals surface area contributed by atoms with Crippen molar-refractivity contribution in [3.05, 3.63) is 70.8 Å². The lowest BCUT2D eigenvalue weighted by atomic mass is 9.72. The van der Waals surface area contributed by atoms with Crippen molar-refractivity contribution in [3.8, 4) is 6.07 Å². The minimum Gasteiger partial charge on any atom is -0.374 e. The number of methoxy groups -OCH3 is 1. The summed E-state index contributed by atoms with van der Waals surface area (Å²) in [5.74, 6) is -0.448. The van der Waals surface area contributed by atoms with Crippen LogP contribution in [0.15, 0.2) is 53.5 Å². The van der Waals surface area contributed by atoms with Crippen molar-refractivity contribution in [2.45, 2.75) is 43.2 Å². The SMILES string of the molecule is COC1(c2ccc([C@H]3C(=O)N(C)C(N)=N[C@]3(C)c3ccc(C#N)cc3)cc2)CCC1. The molecule has 2 atom stereocenters. The molecule has 1 aliphatic carbocycles. The number of hydrogen-bond donors (Lipinski definition) is 1. The maximum atomic E-state index is 13.3. The van der Waals surface area contributed by atoms with Gasteiger partial charge in [0.1, 0.15) is 5.54 Å². The van der Waals surface area contributed by atoms with E-state index in [0.717, 1.165) is 36.0 Å². The van der Waals surface area contributed by atoms with Gasteiger partial charge in [0, 0.05) is 14.2 Å². The van der Waals surface area contributed by atoms with Gasteiger partial charge in [0.25, 0.3) is 0 Å². The molecule has 2 N–H and O–H groups in total. The second kappa shape index (κ2) is 7.26. The first-order valence-electron chi connectivity index (χ1n) is 10.1. The van der Waals surface area contributed by atoms with E-state index in [1.54, 1.807) is 26.3 Å². The predicted octanol–water partition coefficient (Wildman–Crippen LogP) is 3.37. The zero-order chi connectivity index (χ0) is 21.5. The van der Waals surface area contributed by atoms with Gasteiger partial charge in [-0.1, -0.05) is 36.4 Å². The summed E-state index contributed by atoms with van der Waals surface area (Å²) in [5.41, 5.74) is 8.43. The molecule has 1 heterocycles. The quantitative estimate of drug-likeness (QED) is 0.849. The second-order valence-corrected chi connectivity index (χ2v) is 8.31. The number of benzene rings is 2. The van der Waals surface area contributed by atoms with Gasteiger partial charge >= 0.3 is 0 Å². The Labute approximate surface area is 177 Å². The highest BCUT2D eigenvalue weighted by Gasteiger charge is 2.47. The van der Waals surface area contributed by atoms with E-state index in [9.17, 15) is 4.79 Å². The van der Waals surface area contributed by atoms with Crippen LogP contribution in [0.2, 0.25) is 0 Å². The number of nitrogens with two attached hydrogens (primary N) is 1. The van der Waals surface area contributed by atoms with Crippen molar-refractivity contribution < 1.29 is 9.53 Å². The van der Waals surface area contributed by atoms with Gasteiger partial charge in [-0.15, -0.1) is 0 Å². The van der Waals surface area contributed by atoms with Crippen molar-refractivity contribution in [2.24, 2.45) is 10.7 Å². The third-order valence-corrected chi connectivity index (χ3v) is 6.75. The smallest absolute Gasteiger partial charge is 0.239 e. The number of carbonyl (C=O) groups is 1. The standard InChI is InChI=1S/C24H26N4O2/c1-23(18-9-5-16(15-25)6-10-18)20(21(29)28(2)22(26)27-23)17-7-11-19(12-8-17)24(30-3)13-4-14-24/h5-12,20H,4,13-14H2,1-3H3,(H2,26,27)/t20-,23+/m0/s1. The molecule has 0 bridgehead atoms. The van der Waals surface area contributed by atoms with E-state index < -0.39 is 11.5 Å². The number of hydrogen-bond acceptors (Lipinski definition) is 5. The number of amides is 1. The first kappa shape index (κ1) is 20.1. The summed E-state index contributed by atoms with van der Waals surface area (Å²) in [7, 11) is 3.40. The van der Waals surface area contributed by atoms with E-state index >= 15 is 0 Å². The molecule has 0 spiro atoms. The molecule has 0 saturated heterocycles. The highest BCUT2D eigenvalue weighted by Crippen LogP contribution is 2.47. The number of ether oxygens (including phenoxy) is 1. The van der Waals surface area contributed by atoms with Crippen LogP contribution >= 0.6 is 0 Å². The van der Waals surface area contributed by atoms with Crippen LogP contribution in [0.4, 0.5) is 0 Å². The Hall–Kier alpha value is -3.17. The molecule has 0 aromatic heterocycles. The molecule has 0 radical (unpaired) electrons. The molecular weight excluding hydrogens is 376 g/mol. The Balaban J connectivity index is 1.78. The molecule has 2 aliphatic rings. The van der Waals surface area contributed by atoms with Crippen LogP contribution in [0.1, 0.15) is 54.4 Å². The normalized spacial score (nSPS) is 25.3. The van der Waals surface area contributed by atoms with Crippen molar-refractivity contribution in [1.82, 2.24) is 4.90 Å². The zero-order valence-electron chi connectivity index (χ0n) is 17.6. The minimum absolute atomic E-state index is 0.104. The number of likely N-dealkylation sites (N-methyl/N-ethyl adjacent to an activating group) is 1. The monoisotopic (exact) mass is 402 g/mol. The maximum absolute atomic E-state index is 13.3. The van der Waals surface area contributed by atoms with E-state index in [0.29, 0.717) is 5.56 Å². The number of guanidine groups is 1. The lowest BCUT2D eigenvalue weighted by Crippen LogP contribution is -2.52. The third-order valence-electron chi connectivity index (χ3n) is 6.75. The first-order valence-corrected chi connectivity index (χ1v) is 10.1. The van der Waals surface area contributed by atoms with E-state index in [1.807, 2.05) is 31.2 Å². The van der Waals surface area contributed by atoms with Crippen LogP contribution < -0.4 is 5.73 Å². The molecular formula is C24H26N4O2. The fraction of sp³-hybridized carbons (Fsp3) is 0.375. The molecule has 6 nitrogen and oxygen atoms in total. The Kier molecular flexibility index (Phi) is 4.87. The van der Waals surface area contributed by atoms with Crippen LogP contribution in [-0.4, -0.2) is 30.9 Å². The Morgan fingerprint density at radius 3 is 2.23 bits per heavy atom. The zero-order valence-corrected chi connectivity index (χ0v) is 17.6. The molecule has 6 heteroatoms. The van der Waals surface area contributed by atoms with Gasteiger partial charge in [0.15, 0.2) is 5.96 Å². The highest BCUT2D eigenvalue weighted by atomic mass is 16.5. The van der Waals surface area contributed by atoms with Crippen molar-refractivity contribution in [2.75, 3.05) is 14.2 Å². The topological polar surface area (TPSA) is 91.7 Å². The Morgan fingerprint density at radius 1 is 1.13 bits per heavy atom. The molecule has 1 aliphatic heterocycles. The van der Waals surface area contributed by atoms with E-state index in [4.69, 9.17) is 20.7 Å². The number of nitrogens with zero attached hydrogens (tertiary/aromatic N) is 3. The van der Waals surface area contributed by atoms with Crippen LogP contribution in [0.3, 0.4) is 0 Å². The molecule has 1 saturated carbocycles. The van der Waals surface area contributed by atoms with Gasteiger partial charge in [-0.2, -0.15) is 5.26 Å². The molecule has 2 aromatic rings. The van der Waals surface area contributed by atoms with Gasteiger partial charge in [0.2, 0.25) is 5.91 Å². The lowest BCUT2D eigenvalue weighted by Gasteiger charge is -2.42. The van der Waals surface area contributed by atoms with Gasteiger partial charge in [0.05, 0.1) is 23.2 Å². The Bertz CT molecular complexity index is 1030. The summed E-state index contributed by atoms with van der Waals surface area (Å²) in [5, 5.41) is 9.12. The largest absolute Gasteiger partial charge is 0.374 e. The molecule has 0 unspecified atom stereocenters. The lowest BCUT2D eigenvalue weighted by molar-refractivity contribution is -0.130. The Morgan fingerprint density at radius 2 is 1.73 bits per heavy atom. The van der Waals surface area contributed by atoms with Crippen molar-refractivity contribution in [1.29, 1.82) is 5.26 Å². The molecule has 1 fully saturated rings. The van der Waals surface area contributed by atoms with E-state index in [1.165, 1.54) is 4.90 Å². The number of rotatable bonds is 4. The fourth-order valence-electron chi connectivity index (χ4n) is 4.59. The second-order valence-electron chi connectivity index (χ2n) is 8.31. The molecule has 2 aromatic carbocycles. The van der Waals surface area contributed by atoms with Crippen LogP contribution in [0.25, 0.3) is 0 Å². The van der Waals surface area contributed by atoms with Crippen LogP contribution in [0.5, 0.6) is 0 Å². The summed E-state index contributed by atoms with van der Waals surface area (Å²) >= 11 is 0. The summed E-state index contributed by atoms with van der Waals surface area (Å²) in [6.07, 6.45) is 3.18. The van der Waals surface area contributed by atoms with E-state index in [-0.39, 0.29) is 17.5 Å². The summed E-state index contributed by atoms with van der Waals surface area (Å²) in [6.45, 7) is 1.92. The summed E-state index contributed by atoms with van der Waals surface area (Å²) in [4.78, 5) is 19.5. The first-order chi connectivity index (χ1) is 14.3.